The summed E-state index contributed by atoms with van der Waals surface area (Å²) in [5, 5.41) is 0. The molecule has 13 heteroatoms. The molecule has 0 fully saturated rings. The number of benzene rings is 4. The van der Waals surface area contributed by atoms with Crippen LogP contribution in [-0.2, 0) is 20.0 Å². The lowest BCUT2D eigenvalue weighted by atomic mass is 9.86. The summed E-state index contributed by atoms with van der Waals surface area (Å²) in [6.07, 6.45) is 4.16. The molecule has 8 nitrogen and oxygen atoms in total. The van der Waals surface area contributed by atoms with E-state index in [2.05, 4.69) is 9.44 Å². The molecule has 2 heterocycles. The molecule has 2 N–H and O–H groups in total. The number of halogens is 3. The molecule has 0 spiro atoms. The van der Waals surface area contributed by atoms with Crippen molar-refractivity contribution in [3.05, 3.63) is 130 Å². The van der Waals surface area contributed by atoms with Crippen molar-refractivity contribution in [1.29, 1.82) is 0 Å². The number of ether oxygens (including phenoxy) is 2. The van der Waals surface area contributed by atoms with Crippen LogP contribution in [0.1, 0.15) is 61.1 Å². The molecule has 2 aliphatic rings. The minimum Gasteiger partial charge on any atom is -0.483 e. The van der Waals surface area contributed by atoms with Crippen molar-refractivity contribution in [2.24, 2.45) is 0 Å². The van der Waals surface area contributed by atoms with Crippen LogP contribution in [-0.4, -0.2) is 40.5 Å². The van der Waals surface area contributed by atoms with Gasteiger partial charge in [-0.1, -0.05) is 24.3 Å². The highest BCUT2D eigenvalue weighted by Gasteiger charge is 2.37. The van der Waals surface area contributed by atoms with Crippen molar-refractivity contribution in [2.45, 2.75) is 52.7 Å². The van der Waals surface area contributed by atoms with E-state index in [1.165, 1.54) is 42.5 Å². The molecule has 4 aromatic rings. The Kier molecular flexibility index (Phi) is 9.87. The summed E-state index contributed by atoms with van der Waals surface area (Å²) in [6.45, 7) is 10.6. The molecule has 0 saturated carbocycles. The predicted octanol–water partition coefficient (Wildman–Crippen LogP) is 8.51. The summed E-state index contributed by atoms with van der Waals surface area (Å²) >= 11 is 0. The summed E-state index contributed by atoms with van der Waals surface area (Å²) < 4.78 is 105. The fraction of sp³-hybridized carbons (Fsp3) is 0.263. The van der Waals surface area contributed by atoms with E-state index in [-0.39, 0.29) is 5.82 Å². The average Bonchev–Trinajstić information content (AvgIpc) is 2.96. The molecular formula is C38H39F3N2O6S2. The van der Waals surface area contributed by atoms with Crippen LogP contribution in [0.2, 0.25) is 0 Å². The van der Waals surface area contributed by atoms with Gasteiger partial charge in [0, 0.05) is 28.8 Å². The maximum absolute atomic E-state index is 15.2. The number of fused-ring (bicyclic) bond motifs is 2. The first-order valence-corrected chi connectivity index (χ1v) is 19.6. The summed E-state index contributed by atoms with van der Waals surface area (Å²) in [4.78, 5) is 0. The van der Waals surface area contributed by atoms with Gasteiger partial charge in [0.15, 0.2) is 11.4 Å². The zero-order chi connectivity index (χ0) is 37.7. The molecular weight excluding hydrogens is 702 g/mol. The number of hydrogen-bond donors (Lipinski definition) is 2. The van der Waals surface area contributed by atoms with E-state index in [4.69, 9.17) is 9.47 Å². The second-order valence-electron chi connectivity index (χ2n) is 13.7. The molecule has 0 bridgehead atoms. The molecule has 0 atom stereocenters. The smallest absolute Gasteiger partial charge is 0.229 e. The number of sulfonamides is 2. The van der Waals surface area contributed by atoms with Crippen LogP contribution in [0, 0.1) is 25.5 Å². The fourth-order valence-electron chi connectivity index (χ4n) is 6.09. The van der Waals surface area contributed by atoms with Gasteiger partial charge in [0.25, 0.3) is 0 Å². The standard InChI is InChI=1S/C19H19F2NO3S.C19H20FNO3S/c1-11-9-14(22-26(4,23)24)10-15-16(11)17(18(21)19(2,3)25-15)12-5-7-13(20)8-6-12;1-12-9-15(21-25(4,22)23)10-17-18(12)16(11-19(2,3)24-17)13-5-7-14(20)8-6-13/h5-10,22H,1-4H3;5-11,21H,1-4H3. The minimum absolute atomic E-state index is 0.291. The highest BCUT2D eigenvalue weighted by molar-refractivity contribution is 7.92. The third-order valence-corrected chi connectivity index (χ3v) is 9.20. The van der Waals surface area contributed by atoms with Gasteiger partial charge in [-0.2, -0.15) is 0 Å². The summed E-state index contributed by atoms with van der Waals surface area (Å²) in [7, 11) is -6.85. The third kappa shape index (κ3) is 8.77. The van der Waals surface area contributed by atoms with Crippen LogP contribution in [0.4, 0.5) is 24.5 Å². The number of nitrogens with one attached hydrogen (secondary N) is 2. The first kappa shape index (κ1) is 37.5. The van der Waals surface area contributed by atoms with E-state index >= 15 is 4.39 Å². The van der Waals surface area contributed by atoms with Gasteiger partial charge in [-0.15, -0.1) is 0 Å². The van der Waals surface area contributed by atoms with Crippen molar-refractivity contribution >= 4 is 42.6 Å². The first-order chi connectivity index (χ1) is 23.5. The van der Waals surface area contributed by atoms with Gasteiger partial charge >= 0.3 is 0 Å². The van der Waals surface area contributed by atoms with Crippen molar-refractivity contribution in [3.63, 3.8) is 0 Å². The van der Waals surface area contributed by atoms with Gasteiger partial charge in [-0.3, -0.25) is 9.44 Å². The number of rotatable bonds is 6. The van der Waals surface area contributed by atoms with E-state index in [9.17, 15) is 25.6 Å². The maximum atomic E-state index is 15.2. The quantitative estimate of drug-likeness (QED) is 0.205. The summed E-state index contributed by atoms with van der Waals surface area (Å²) in [5.41, 5.74) is 4.54. The zero-order valence-electron chi connectivity index (χ0n) is 29.4. The molecule has 4 aromatic carbocycles. The topological polar surface area (TPSA) is 111 Å². The fourth-order valence-corrected chi connectivity index (χ4v) is 7.18. The van der Waals surface area contributed by atoms with E-state index in [1.807, 2.05) is 26.8 Å². The van der Waals surface area contributed by atoms with Crippen LogP contribution >= 0.6 is 0 Å². The highest BCUT2D eigenvalue weighted by atomic mass is 32.2. The van der Waals surface area contributed by atoms with Crippen LogP contribution in [0.5, 0.6) is 11.5 Å². The largest absolute Gasteiger partial charge is 0.483 e. The molecule has 51 heavy (non-hydrogen) atoms. The lowest BCUT2D eigenvalue weighted by molar-refractivity contribution is 0.117. The molecule has 0 aromatic heterocycles. The van der Waals surface area contributed by atoms with Gasteiger partial charge in [-0.05, 0) is 112 Å². The maximum Gasteiger partial charge on any atom is 0.229 e. The Hall–Kier alpha value is -4.75. The Labute approximate surface area is 297 Å². The average molecular weight is 741 g/mol. The lowest BCUT2D eigenvalue weighted by Crippen LogP contribution is -2.33. The number of anilines is 2. The molecule has 0 radical (unpaired) electrons. The molecule has 0 unspecified atom stereocenters. The van der Waals surface area contributed by atoms with Crippen LogP contribution in [0.25, 0.3) is 11.1 Å². The molecule has 0 aliphatic carbocycles. The van der Waals surface area contributed by atoms with Crippen molar-refractivity contribution in [1.82, 2.24) is 0 Å². The van der Waals surface area contributed by atoms with Gasteiger partial charge in [-0.25, -0.2) is 30.0 Å². The Morgan fingerprint density at radius 1 is 0.608 bits per heavy atom. The van der Waals surface area contributed by atoms with E-state index < -0.39 is 42.9 Å². The van der Waals surface area contributed by atoms with Gasteiger partial charge < -0.3 is 9.47 Å². The van der Waals surface area contributed by atoms with Crippen molar-refractivity contribution < 1.29 is 39.5 Å². The highest BCUT2D eigenvalue weighted by Crippen LogP contribution is 2.47. The SMILES string of the molecule is Cc1cc(NS(C)(=O)=O)cc2c1C(c1ccc(F)cc1)=C(F)C(C)(C)O2.Cc1cc(NS(C)(=O)=O)cc2c1C(c1ccc(F)cc1)=CC(C)(C)O2. The molecule has 2 aliphatic heterocycles. The second kappa shape index (κ2) is 13.4. The molecule has 6 rings (SSSR count). The molecule has 270 valence electrons. The number of hydrogen-bond acceptors (Lipinski definition) is 6. The predicted molar refractivity (Wildman–Crippen MR) is 196 cm³/mol. The Bertz CT molecular complexity index is 2300. The van der Waals surface area contributed by atoms with Crippen LogP contribution in [0.3, 0.4) is 0 Å². The Balaban J connectivity index is 0.000000198. The minimum atomic E-state index is -3.46. The van der Waals surface area contributed by atoms with Gasteiger partial charge in [0.1, 0.15) is 28.7 Å². The molecule has 0 saturated heterocycles. The summed E-state index contributed by atoms with van der Waals surface area (Å²) in [6, 6.07) is 18.5. The summed E-state index contributed by atoms with van der Waals surface area (Å²) in [5.74, 6) is -0.214. The second-order valence-corrected chi connectivity index (χ2v) is 17.2. The van der Waals surface area contributed by atoms with Crippen LogP contribution in [0.15, 0.2) is 84.7 Å². The van der Waals surface area contributed by atoms with Crippen molar-refractivity contribution in [2.75, 3.05) is 22.0 Å². The van der Waals surface area contributed by atoms with E-state index in [0.29, 0.717) is 45.1 Å². The van der Waals surface area contributed by atoms with Crippen LogP contribution < -0.4 is 18.9 Å². The van der Waals surface area contributed by atoms with Crippen molar-refractivity contribution in [3.8, 4) is 11.5 Å². The molecule has 0 amide bonds. The Morgan fingerprint density at radius 3 is 1.51 bits per heavy atom. The zero-order valence-corrected chi connectivity index (χ0v) is 31.0. The monoisotopic (exact) mass is 740 g/mol. The number of aryl methyl sites for hydroxylation is 2. The third-order valence-electron chi connectivity index (χ3n) is 7.99. The normalized spacial score (nSPS) is 15.9. The van der Waals surface area contributed by atoms with Gasteiger partial charge in [0.2, 0.25) is 20.0 Å². The van der Waals surface area contributed by atoms with E-state index in [0.717, 1.165) is 34.8 Å². The van der Waals surface area contributed by atoms with E-state index in [1.54, 1.807) is 51.1 Å². The van der Waals surface area contributed by atoms with Gasteiger partial charge in [0.05, 0.1) is 23.9 Å². The first-order valence-electron chi connectivity index (χ1n) is 15.8. The Morgan fingerprint density at radius 2 is 1.04 bits per heavy atom. The lowest BCUT2D eigenvalue weighted by Gasteiger charge is -2.34.